The van der Waals surface area contributed by atoms with Gasteiger partial charge in [-0.3, -0.25) is 10.2 Å². The minimum Gasteiger partial charge on any atom is -0.314 e. The molecule has 0 saturated heterocycles. The smallest absolute Gasteiger partial charge is 0.202 e. The zero-order valence-corrected chi connectivity index (χ0v) is 15.5. The van der Waals surface area contributed by atoms with Crippen molar-refractivity contribution in [3.63, 3.8) is 0 Å². The third-order valence-electron chi connectivity index (χ3n) is 3.91. The molecule has 1 heterocycles. The van der Waals surface area contributed by atoms with Crippen molar-refractivity contribution in [3.8, 4) is 11.3 Å². The average molecular weight is 395 g/mol. The summed E-state index contributed by atoms with van der Waals surface area (Å²) >= 11 is 18.0. The van der Waals surface area contributed by atoms with Gasteiger partial charge in [0.15, 0.2) is 5.78 Å². The summed E-state index contributed by atoms with van der Waals surface area (Å²) in [5, 5.41) is 9.66. The third-order valence-corrected chi connectivity index (χ3v) is 4.88. The van der Waals surface area contributed by atoms with E-state index in [1.807, 2.05) is 6.07 Å². The Balaban J connectivity index is 1.95. The van der Waals surface area contributed by atoms with Crippen molar-refractivity contribution >= 4 is 40.6 Å². The van der Waals surface area contributed by atoms with Gasteiger partial charge in [-0.05, 0) is 24.3 Å². The van der Waals surface area contributed by atoms with Crippen LogP contribution in [0, 0.1) is 5.41 Å². The first kappa shape index (κ1) is 17.8. The van der Waals surface area contributed by atoms with Crippen LogP contribution >= 0.6 is 34.8 Å². The number of ketones is 1. The molecule has 0 spiro atoms. The van der Waals surface area contributed by atoms with Gasteiger partial charge in [-0.1, -0.05) is 53.0 Å². The van der Waals surface area contributed by atoms with E-state index in [1.165, 1.54) is 0 Å². The summed E-state index contributed by atoms with van der Waals surface area (Å²) in [6.07, 6.45) is 1.75. The third kappa shape index (κ3) is 3.66. The van der Waals surface area contributed by atoms with Crippen LogP contribution in [0.15, 0.2) is 48.7 Å². The van der Waals surface area contributed by atoms with Crippen molar-refractivity contribution in [1.82, 2.24) is 9.13 Å². The highest BCUT2D eigenvalue weighted by molar-refractivity contribution is 6.42. The summed E-state index contributed by atoms with van der Waals surface area (Å²) in [6, 6.07) is 12.0. The van der Waals surface area contributed by atoms with E-state index in [-0.39, 0.29) is 17.9 Å². The molecule has 0 aliphatic heterocycles. The number of nitrogens with one attached hydrogen (secondary N) is 1. The van der Waals surface area contributed by atoms with Crippen molar-refractivity contribution in [2.24, 2.45) is 7.05 Å². The van der Waals surface area contributed by atoms with Crippen molar-refractivity contribution in [2.75, 3.05) is 0 Å². The lowest BCUT2D eigenvalue weighted by Crippen LogP contribution is -2.25. The summed E-state index contributed by atoms with van der Waals surface area (Å²) in [6.45, 7) is 0.0499. The Morgan fingerprint density at radius 2 is 1.84 bits per heavy atom. The molecule has 0 bridgehead atoms. The molecule has 0 fully saturated rings. The highest BCUT2D eigenvalue weighted by Crippen LogP contribution is 2.28. The van der Waals surface area contributed by atoms with Gasteiger partial charge in [0.1, 0.15) is 0 Å². The van der Waals surface area contributed by atoms with E-state index in [9.17, 15) is 4.79 Å². The second-order valence-electron chi connectivity index (χ2n) is 5.59. The Kier molecular flexibility index (Phi) is 5.04. The number of carbonyl (C=O) groups is 1. The number of carbonyl (C=O) groups excluding carboxylic acids is 1. The summed E-state index contributed by atoms with van der Waals surface area (Å²) < 4.78 is 3.27. The molecule has 0 aliphatic rings. The van der Waals surface area contributed by atoms with Crippen LogP contribution in [0.4, 0.5) is 0 Å². The largest absolute Gasteiger partial charge is 0.314 e. The molecule has 4 nitrogen and oxygen atoms in total. The van der Waals surface area contributed by atoms with E-state index in [0.29, 0.717) is 20.6 Å². The van der Waals surface area contributed by atoms with Gasteiger partial charge in [0, 0.05) is 29.4 Å². The van der Waals surface area contributed by atoms with Crippen LogP contribution in [0.25, 0.3) is 11.3 Å². The van der Waals surface area contributed by atoms with E-state index in [1.54, 1.807) is 58.8 Å². The molecule has 25 heavy (non-hydrogen) atoms. The Labute approximate surface area is 159 Å². The van der Waals surface area contributed by atoms with Crippen LogP contribution in [0.5, 0.6) is 0 Å². The minimum atomic E-state index is -0.118. The van der Waals surface area contributed by atoms with Crippen LogP contribution in [0.2, 0.25) is 15.1 Å². The molecule has 0 amide bonds. The maximum Gasteiger partial charge on any atom is 0.202 e. The molecule has 1 aromatic heterocycles. The zero-order valence-electron chi connectivity index (χ0n) is 13.3. The summed E-state index contributed by atoms with van der Waals surface area (Å²) in [7, 11) is 1.76. The lowest BCUT2D eigenvalue weighted by Gasteiger charge is -2.03. The van der Waals surface area contributed by atoms with Crippen LogP contribution in [-0.2, 0) is 13.6 Å². The molecule has 128 valence electrons. The molecule has 0 radical (unpaired) electrons. The van der Waals surface area contributed by atoms with E-state index in [2.05, 4.69) is 0 Å². The number of hydrogen-bond acceptors (Lipinski definition) is 2. The van der Waals surface area contributed by atoms with Crippen molar-refractivity contribution in [2.45, 2.75) is 6.54 Å². The summed E-state index contributed by atoms with van der Waals surface area (Å²) in [5.74, 6) is -0.118. The topological polar surface area (TPSA) is 50.8 Å². The lowest BCUT2D eigenvalue weighted by atomic mass is 10.1. The number of hydrogen-bond donors (Lipinski definition) is 1. The molecule has 0 unspecified atom stereocenters. The van der Waals surface area contributed by atoms with Gasteiger partial charge in [-0.25, -0.2) is 0 Å². The van der Waals surface area contributed by atoms with Crippen molar-refractivity contribution in [1.29, 1.82) is 5.41 Å². The molecule has 3 rings (SSSR count). The minimum absolute atomic E-state index is 0.0499. The normalized spacial score (nSPS) is 10.9. The summed E-state index contributed by atoms with van der Waals surface area (Å²) in [4.78, 5) is 12.5. The predicted octanol–water partition coefficient (Wildman–Crippen LogP) is 4.82. The quantitative estimate of drug-likeness (QED) is 0.634. The van der Waals surface area contributed by atoms with Gasteiger partial charge in [-0.2, -0.15) is 0 Å². The fourth-order valence-corrected chi connectivity index (χ4v) is 3.04. The van der Waals surface area contributed by atoms with E-state index in [0.717, 1.165) is 11.3 Å². The van der Waals surface area contributed by atoms with E-state index >= 15 is 0 Å². The number of aromatic nitrogens is 2. The highest BCUT2D eigenvalue weighted by atomic mass is 35.5. The lowest BCUT2D eigenvalue weighted by molar-refractivity contribution is 0.0970. The summed E-state index contributed by atoms with van der Waals surface area (Å²) in [5.41, 5.74) is 2.30. The SMILES string of the molecule is Cn1c(-c2ccc(Cl)c(Cl)c2)cn(CC(=O)c2cccc(Cl)c2)c1=N. The van der Waals surface area contributed by atoms with E-state index < -0.39 is 0 Å². The van der Waals surface area contributed by atoms with Gasteiger partial charge in [-0.15, -0.1) is 0 Å². The predicted molar refractivity (Wildman–Crippen MR) is 100 cm³/mol. The number of nitrogens with zero attached hydrogens (tertiary/aromatic N) is 2. The van der Waals surface area contributed by atoms with Crippen LogP contribution in [0.1, 0.15) is 10.4 Å². The number of benzene rings is 2. The molecule has 2 aromatic carbocycles. The number of rotatable bonds is 4. The van der Waals surface area contributed by atoms with E-state index in [4.69, 9.17) is 40.2 Å². The first-order valence-corrected chi connectivity index (χ1v) is 8.55. The van der Waals surface area contributed by atoms with Crippen LogP contribution in [0.3, 0.4) is 0 Å². The van der Waals surface area contributed by atoms with Gasteiger partial charge in [0.05, 0.1) is 22.3 Å². The van der Waals surface area contributed by atoms with Crippen molar-refractivity contribution in [3.05, 3.63) is 74.9 Å². The fraction of sp³-hybridized carbons (Fsp3) is 0.111. The molecule has 3 aromatic rings. The molecular weight excluding hydrogens is 381 g/mol. The first-order valence-electron chi connectivity index (χ1n) is 7.42. The number of halogens is 3. The van der Waals surface area contributed by atoms with Crippen LogP contribution < -0.4 is 5.62 Å². The Hall–Kier alpha value is -2.01. The Bertz CT molecular complexity index is 1020. The second kappa shape index (κ2) is 7.08. The highest BCUT2D eigenvalue weighted by Gasteiger charge is 2.13. The molecule has 7 heteroatoms. The molecule has 1 N–H and O–H groups in total. The van der Waals surface area contributed by atoms with Gasteiger partial charge < -0.3 is 9.13 Å². The standard InChI is InChI=1S/C18H14Cl3N3O/c1-23-16(11-5-6-14(20)15(21)8-11)9-24(18(23)22)10-17(25)12-3-2-4-13(19)7-12/h2-9,22H,10H2,1H3. The second-order valence-corrected chi connectivity index (χ2v) is 6.84. The van der Waals surface area contributed by atoms with Crippen molar-refractivity contribution < 1.29 is 4.79 Å². The Morgan fingerprint density at radius 3 is 2.52 bits per heavy atom. The van der Waals surface area contributed by atoms with Gasteiger partial charge >= 0.3 is 0 Å². The number of Topliss-reactive ketones (excluding diaryl/α,β-unsaturated/α-hetero) is 1. The zero-order chi connectivity index (χ0) is 18.1. The maximum absolute atomic E-state index is 12.5. The first-order chi connectivity index (χ1) is 11.9. The maximum atomic E-state index is 12.5. The number of imidazole rings is 1. The van der Waals surface area contributed by atoms with Gasteiger partial charge in [0.25, 0.3) is 0 Å². The fourth-order valence-electron chi connectivity index (χ4n) is 2.55. The Morgan fingerprint density at radius 1 is 1.08 bits per heavy atom. The molecular formula is C18H14Cl3N3O. The average Bonchev–Trinajstić information content (AvgIpc) is 2.86. The molecule has 0 saturated carbocycles. The van der Waals surface area contributed by atoms with Crippen LogP contribution in [-0.4, -0.2) is 14.9 Å². The molecule has 0 atom stereocenters. The molecule has 0 aliphatic carbocycles. The van der Waals surface area contributed by atoms with Gasteiger partial charge in [0.2, 0.25) is 5.62 Å². The monoisotopic (exact) mass is 393 g/mol.